The van der Waals surface area contributed by atoms with Crippen LogP contribution in [0.15, 0.2) is 0 Å². The van der Waals surface area contributed by atoms with Crippen molar-refractivity contribution in [3.8, 4) is 0 Å². The normalized spacial score (nSPS) is 8.92. The molecule has 13 heavy (non-hydrogen) atoms. The first-order chi connectivity index (χ1) is 5.21. The SMILES string of the molecule is [CH2-]C(C)(C)C(=N)N.[CH2-]CC(=N)N.[HH].[Y]. The number of amidine groups is 2. The second-order valence-electron chi connectivity index (χ2n) is 3.07. The molecule has 0 aromatic heterocycles. The summed E-state index contributed by atoms with van der Waals surface area (Å²) in [5.74, 6) is 0.275. The van der Waals surface area contributed by atoms with Crippen LogP contribution in [0.4, 0.5) is 0 Å². The monoisotopic (exact) mass is 261 g/mol. The maximum atomic E-state index is 6.86. The second kappa shape index (κ2) is 8.63. The van der Waals surface area contributed by atoms with E-state index < -0.39 is 0 Å². The van der Waals surface area contributed by atoms with E-state index in [9.17, 15) is 0 Å². The van der Waals surface area contributed by atoms with Crippen molar-refractivity contribution in [3.05, 3.63) is 13.8 Å². The molecule has 0 spiro atoms. The molecule has 0 unspecified atom stereocenters. The Labute approximate surface area is 107 Å². The van der Waals surface area contributed by atoms with Gasteiger partial charge in [0.05, 0.1) is 11.7 Å². The van der Waals surface area contributed by atoms with Gasteiger partial charge in [-0.05, 0) is 0 Å². The molecule has 0 rings (SSSR count). The number of nitrogens with two attached hydrogens (primary N) is 2. The third kappa shape index (κ3) is 18.8. The zero-order valence-corrected chi connectivity index (χ0v) is 11.2. The Morgan fingerprint density at radius 1 is 1.38 bits per heavy atom. The smallest absolute Gasteiger partial charge is 0.0657 e. The van der Waals surface area contributed by atoms with Gasteiger partial charge in [-0.1, -0.05) is 13.8 Å². The Balaban J connectivity index is -0.0000000651. The number of nitrogens with one attached hydrogen (secondary N) is 2. The number of hydrogen-bond acceptors (Lipinski definition) is 2. The van der Waals surface area contributed by atoms with Gasteiger partial charge in [0.2, 0.25) is 0 Å². The van der Waals surface area contributed by atoms with E-state index >= 15 is 0 Å². The average molecular weight is 261 g/mol. The zero-order valence-electron chi connectivity index (χ0n) is 8.35. The summed E-state index contributed by atoms with van der Waals surface area (Å²) in [5.41, 5.74) is 9.51. The van der Waals surface area contributed by atoms with Crippen LogP contribution in [0.3, 0.4) is 0 Å². The van der Waals surface area contributed by atoms with Gasteiger partial charge in [-0.2, -0.15) is 0 Å². The molecule has 0 heterocycles. The van der Waals surface area contributed by atoms with E-state index in [4.69, 9.17) is 22.3 Å². The molecule has 0 aliphatic rings. The van der Waals surface area contributed by atoms with Crippen LogP contribution >= 0.6 is 0 Å². The first kappa shape index (κ1) is 18.8. The molecule has 0 aliphatic heterocycles. The maximum Gasteiger partial charge on any atom is 0.0657 e. The van der Waals surface area contributed by atoms with Gasteiger partial charge in [-0.3, -0.25) is 10.8 Å². The minimum atomic E-state index is -0.389. The van der Waals surface area contributed by atoms with E-state index in [1.54, 1.807) is 13.8 Å². The van der Waals surface area contributed by atoms with E-state index in [-0.39, 0.29) is 51.2 Å². The van der Waals surface area contributed by atoms with Crippen LogP contribution in [0.5, 0.6) is 0 Å². The Hall–Kier alpha value is 0.0439. The molecule has 0 saturated carbocycles. The topological polar surface area (TPSA) is 99.7 Å². The van der Waals surface area contributed by atoms with Crippen LogP contribution in [0, 0.1) is 30.1 Å². The van der Waals surface area contributed by atoms with E-state index in [1.165, 1.54) is 0 Å². The summed E-state index contributed by atoms with van der Waals surface area (Å²) in [6, 6.07) is 0. The van der Waals surface area contributed by atoms with Gasteiger partial charge in [-0.15, -0.1) is 11.8 Å². The van der Waals surface area contributed by atoms with Gasteiger partial charge >= 0.3 is 0 Å². The second-order valence-corrected chi connectivity index (χ2v) is 3.07. The van der Waals surface area contributed by atoms with Crippen molar-refractivity contribution in [2.75, 3.05) is 0 Å². The number of rotatable bonds is 2. The van der Waals surface area contributed by atoms with Crippen molar-refractivity contribution < 1.29 is 34.1 Å². The fourth-order valence-corrected chi connectivity index (χ4v) is 0. The van der Waals surface area contributed by atoms with Crippen molar-refractivity contribution in [1.82, 2.24) is 0 Å². The predicted octanol–water partition coefficient (Wildman–Crippen LogP) is 1.17. The van der Waals surface area contributed by atoms with Gasteiger partial charge in [-0.25, -0.2) is 0 Å². The zero-order chi connectivity index (χ0) is 10.4. The van der Waals surface area contributed by atoms with Crippen LogP contribution < -0.4 is 11.5 Å². The van der Waals surface area contributed by atoms with Crippen LogP contribution in [0.2, 0.25) is 0 Å². The molecule has 0 fully saturated rings. The molecule has 0 atom stereocenters. The summed E-state index contributed by atoms with van der Waals surface area (Å²) < 4.78 is 0. The molecular formula is C8H20N4Y-2. The predicted molar refractivity (Wildman–Crippen MR) is 55.1 cm³/mol. The van der Waals surface area contributed by atoms with Crippen molar-refractivity contribution in [2.24, 2.45) is 16.9 Å². The van der Waals surface area contributed by atoms with Crippen LogP contribution in [0.1, 0.15) is 21.7 Å². The summed E-state index contributed by atoms with van der Waals surface area (Å²) in [5, 5.41) is 13.3. The summed E-state index contributed by atoms with van der Waals surface area (Å²) >= 11 is 0. The molecule has 0 saturated heterocycles. The van der Waals surface area contributed by atoms with Gasteiger partial charge in [0, 0.05) is 34.1 Å². The number of hydrogen-bond donors (Lipinski definition) is 4. The molecule has 0 amide bonds. The van der Waals surface area contributed by atoms with Gasteiger partial charge in [0.15, 0.2) is 0 Å². The van der Waals surface area contributed by atoms with Crippen molar-refractivity contribution in [1.29, 1.82) is 10.8 Å². The van der Waals surface area contributed by atoms with Crippen molar-refractivity contribution in [3.63, 3.8) is 0 Å². The molecule has 6 N–H and O–H groups in total. The molecular weight excluding hydrogens is 241 g/mol. The van der Waals surface area contributed by atoms with Crippen molar-refractivity contribution >= 4 is 11.7 Å². The minimum absolute atomic E-state index is 0. The fourth-order valence-electron chi connectivity index (χ4n) is 0. The summed E-state index contributed by atoms with van der Waals surface area (Å²) in [7, 11) is 0. The molecule has 1 radical (unpaired) electrons. The van der Waals surface area contributed by atoms with Crippen LogP contribution in [0.25, 0.3) is 0 Å². The molecule has 77 valence electrons. The minimum Gasteiger partial charge on any atom is -0.390 e. The first-order valence-electron chi connectivity index (χ1n) is 3.53. The largest absolute Gasteiger partial charge is 0.390 e. The summed E-state index contributed by atoms with van der Waals surface area (Å²) in [4.78, 5) is 0. The quantitative estimate of drug-likeness (QED) is 0.341. The standard InChI is InChI=1S/C5H11N2.C3H7N2.Y.H2/c1-5(2,3)4(6)7;1-2-3(4)5;;/h1H2,2-3H3,(H3,6,7);1-2H2,(H3,4,5);;1H/q2*-1;;. The van der Waals surface area contributed by atoms with E-state index in [0.29, 0.717) is 6.42 Å². The van der Waals surface area contributed by atoms with Crippen molar-refractivity contribution in [2.45, 2.75) is 20.3 Å². The molecule has 5 heteroatoms. The maximum absolute atomic E-state index is 6.86. The molecule has 0 aromatic carbocycles. The van der Waals surface area contributed by atoms with E-state index in [1.807, 2.05) is 0 Å². The molecule has 0 aliphatic carbocycles. The Bertz CT molecular complexity index is 165. The third-order valence-corrected chi connectivity index (χ3v) is 0.998. The van der Waals surface area contributed by atoms with E-state index in [2.05, 4.69) is 13.8 Å². The molecule has 0 bridgehead atoms. The van der Waals surface area contributed by atoms with Crippen LogP contribution in [-0.2, 0) is 32.7 Å². The molecule has 0 aromatic rings. The molecule has 4 nitrogen and oxygen atoms in total. The fraction of sp³-hybridized carbons (Fsp3) is 0.500. The first-order valence-corrected chi connectivity index (χ1v) is 3.53. The van der Waals surface area contributed by atoms with Crippen LogP contribution in [-0.4, -0.2) is 11.7 Å². The summed E-state index contributed by atoms with van der Waals surface area (Å²) in [6.07, 6.45) is 0.417. The Morgan fingerprint density at radius 2 is 1.54 bits per heavy atom. The van der Waals surface area contributed by atoms with Gasteiger partial charge in [0.25, 0.3) is 0 Å². The van der Waals surface area contributed by atoms with E-state index in [0.717, 1.165) is 0 Å². The average Bonchev–Trinajstić information content (AvgIpc) is 1.87. The summed E-state index contributed by atoms with van der Waals surface area (Å²) in [6.45, 7) is 10.6. The van der Waals surface area contributed by atoms with Gasteiger partial charge < -0.3 is 25.3 Å². The Kier molecular flexibility index (Phi) is 12.5. The third-order valence-electron chi connectivity index (χ3n) is 0.998. The Morgan fingerprint density at radius 3 is 1.54 bits per heavy atom. The van der Waals surface area contributed by atoms with Gasteiger partial charge in [0.1, 0.15) is 0 Å².